The van der Waals surface area contributed by atoms with Gasteiger partial charge in [0.2, 0.25) is 0 Å². The summed E-state index contributed by atoms with van der Waals surface area (Å²) in [6.07, 6.45) is 0. The number of aromatic nitrogens is 1. The summed E-state index contributed by atoms with van der Waals surface area (Å²) < 4.78 is 21.7. The Hall–Kier alpha value is -3.75. The fourth-order valence-electron chi connectivity index (χ4n) is 3.29. The number of carbonyl (C=O) groups is 1. The normalized spacial score (nSPS) is 10.3. The Kier molecular flexibility index (Phi) is 8.12. The first-order chi connectivity index (χ1) is 16.1. The zero-order valence-corrected chi connectivity index (χ0v) is 19.6. The van der Waals surface area contributed by atoms with Gasteiger partial charge in [0.05, 0.1) is 39.7 Å². The van der Waals surface area contributed by atoms with E-state index in [4.69, 9.17) is 29.5 Å². The predicted molar refractivity (Wildman–Crippen MR) is 126 cm³/mol. The van der Waals surface area contributed by atoms with E-state index >= 15 is 0 Å². The number of methoxy groups -OCH3 is 2. The molecule has 3 aromatic rings. The fourth-order valence-corrected chi connectivity index (χ4v) is 4.11. The molecule has 0 atom stereocenters. The molecule has 1 heterocycles. The minimum Gasteiger partial charge on any atom is -0.496 e. The number of nitrogens with zero attached hydrogens (tertiary/aromatic N) is 4. The van der Waals surface area contributed by atoms with Gasteiger partial charge in [0.1, 0.15) is 16.3 Å². The number of thiazole rings is 1. The summed E-state index contributed by atoms with van der Waals surface area (Å²) in [7, 11) is 2.74. The van der Waals surface area contributed by atoms with Crippen LogP contribution in [0, 0.1) is 0 Å². The third-order valence-corrected chi connectivity index (χ3v) is 5.56. The van der Waals surface area contributed by atoms with Crippen LogP contribution in [0.5, 0.6) is 17.2 Å². The first-order valence-electron chi connectivity index (χ1n) is 10.2. The van der Waals surface area contributed by atoms with Crippen molar-refractivity contribution in [3.05, 3.63) is 57.3 Å². The van der Waals surface area contributed by atoms with Gasteiger partial charge < -0.3 is 18.9 Å². The molecule has 2 aromatic carbocycles. The Labute approximate surface area is 195 Å². The molecular formula is C23H24N4O5S. The van der Waals surface area contributed by atoms with Gasteiger partial charge in [-0.25, -0.2) is 9.78 Å². The maximum absolute atomic E-state index is 12.4. The van der Waals surface area contributed by atoms with E-state index in [0.717, 1.165) is 10.6 Å². The number of benzene rings is 2. The van der Waals surface area contributed by atoms with Crippen LogP contribution in [0.15, 0.2) is 40.8 Å². The van der Waals surface area contributed by atoms with Crippen LogP contribution in [-0.4, -0.2) is 38.4 Å². The smallest absolute Gasteiger partial charge is 0.341 e. The van der Waals surface area contributed by atoms with E-state index in [-0.39, 0.29) is 12.1 Å². The Bertz CT molecular complexity index is 1190. The van der Waals surface area contributed by atoms with Crippen LogP contribution in [0.25, 0.3) is 32.3 Å². The number of hydrogen-bond acceptors (Lipinski definition) is 8. The zero-order valence-electron chi connectivity index (χ0n) is 18.8. The summed E-state index contributed by atoms with van der Waals surface area (Å²) >= 11 is 1.46. The highest BCUT2D eigenvalue weighted by atomic mass is 32.1. The van der Waals surface area contributed by atoms with Crippen LogP contribution < -0.4 is 14.2 Å². The van der Waals surface area contributed by atoms with Gasteiger partial charge in [-0.05, 0) is 49.7 Å². The van der Waals surface area contributed by atoms with Crippen molar-refractivity contribution in [2.45, 2.75) is 20.4 Å². The van der Waals surface area contributed by atoms with Crippen LogP contribution in [0.4, 0.5) is 0 Å². The number of hydrogen-bond donors (Lipinski definition) is 0. The lowest BCUT2D eigenvalue weighted by atomic mass is 10.0. The van der Waals surface area contributed by atoms with E-state index in [1.54, 1.807) is 12.1 Å². The summed E-state index contributed by atoms with van der Waals surface area (Å²) in [6, 6.07) is 9.15. The second kappa shape index (κ2) is 11.2. The maximum atomic E-state index is 12.4. The molecule has 0 fully saturated rings. The number of rotatable bonds is 10. The molecule has 0 bridgehead atoms. The van der Waals surface area contributed by atoms with E-state index < -0.39 is 5.97 Å². The van der Waals surface area contributed by atoms with E-state index in [9.17, 15) is 4.79 Å². The summed E-state index contributed by atoms with van der Waals surface area (Å²) in [5.41, 5.74) is 11.8. The van der Waals surface area contributed by atoms with Gasteiger partial charge in [0, 0.05) is 27.0 Å². The molecule has 0 unspecified atom stereocenters. The van der Waals surface area contributed by atoms with E-state index in [2.05, 4.69) is 10.0 Å². The van der Waals surface area contributed by atoms with E-state index in [1.165, 1.54) is 25.6 Å². The van der Waals surface area contributed by atoms with Gasteiger partial charge in [-0.15, -0.1) is 11.3 Å². The highest BCUT2D eigenvalue weighted by Gasteiger charge is 2.20. The van der Waals surface area contributed by atoms with Gasteiger partial charge in [0.25, 0.3) is 0 Å². The summed E-state index contributed by atoms with van der Waals surface area (Å²) in [6.45, 7) is 4.91. The molecule has 0 N–H and O–H groups in total. The number of ether oxygens (including phenoxy) is 4. The average Bonchev–Trinajstić information content (AvgIpc) is 3.33. The van der Waals surface area contributed by atoms with Crippen molar-refractivity contribution in [1.29, 1.82) is 0 Å². The van der Waals surface area contributed by atoms with Crippen molar-refractivity contribution in [2.75, 3.05) is 27.4 Å². The number of carbonyl (C=O) groups excluding carboxylic acids is 1. The molecule has 10 heteroatoms. The largest absolute Gasteiger partial charge is 0.496 e. The highest BCUT2D eigenvalue weighted by Crippen LogP contribution is 2.37. The van der Waals surface area contributed by atoms with Crippen LogP contribution in [0.2, 0.25) is 0 Å². The van der Waals surface area contributed by atoms with E-state index in [0.29, 0.717) is 47.3 Å². The molecule has 9 nitrogen and oxygen atoms in total. The lowest BCUT2D eigenvalue weighted by molar-refractivity contribution is 0.0597. The second-order valence-electron chi connectivity index (χ2n) is 6.66. The Morgan fingerprint density at radius 3 is 2.52 bits per heavy atom. The molecule has 0 saturated carbocycles. The van der Waals surface area contributed by atoms with Gasteiger partial charge in [-0.1, -0.05) is 5.11 Å². The zero-order chi connectivity index (χ0) is 23.8. The van der Waals surface area contributed by atoms with Crippen molar-refractivity contribution in [3.63, 3.8) is 0 Å². The van der Waals surface area contributed by atoms with E-state index in [1.807, 2.05) is 37.4 Å². The molecule has 0 aliphatic heterocycles. The molecule has 0 aliphatic carbocycles. The summed E-state index contributed by atoms with van der Waals surface area (Å²) in [5, 5.41) is 6.29. The molecule has 3 rings (SSSR count). The molecule has 0 radical (unpaired) electrons. The number of azide groups is 1. The summed E-state index contributed by atoms with van der Waals surface area (Å²) in [4.78, 5) is 19.9. The third kappa shape index (κ3) is 5.36. The van der Waals surface area contributed by atoms with Gasteiger partial charge >= 0.3 is 5.97 Å². The van der Waals surface area contributed by atoms with Crippen molar-refractivity contribution in [1.82, 2.24) is 4.98 Å². The van der Waals surface area contributed by atoms with Crippen molar-refractivity contribution in [3.8, 4) is 39.1 Å². The van der Waals surface area contributed by atoms with Crippen molar-refractivity contribution >= 4 is 17.3 Å². The molecule has 172 valence electrons. The molecule has 0 spiro atoms. The van der Waals surface area contributed by atoms with Gasteiger partial charge in [-0.2, -0.15) is 0 Å². The standard InChI is InChI=1S/C23H24N4O5S/c1-5-31-19-8-7-14(11-20(19)32-6-2)22-26-18(13-33-22)15-9-16(12-25-27-24)21(29-3)17(10-15)23(28)30-4/h7-11,13H,5-6,12H2,1-4H3. The lowest BCUT2D eigenvalue weighted by Crippen LogP contribution is -2.07. The number of esters is 1. The highest BCUT2D eigenvalue weighted by molar-refractivity contribution is 7.13. The average molecular weight is 469 g/mol. The molecule has 0 amide bonds. The van der Waals surface area contributed by atoms with Crippen molar-refractivity contribution in [2.24, 2.45) is 5.11 Å². The maximum Gasteiger partial charge on any atom is 0.341 e. The van der Waals surface area contributed by atoms with Gasteiger partial charge in [0.15, 0.2) is 11.5 Å². The van der Waals surface area contributed by atoms with Crippen molar-refractivity contribution < 1.29 is 23.7 Å². The first-order valence-corrected chi connectivity index (χ1v) is 11.1. The van der Waals surface area contributed by atoms with Gasteiger partial charge in [-0.3, -0.25) is 0 Å². The monoisotopic (exact) mass is 468 g/mol. The van der Waals surface area contributed by atoms with Crippen LogP contribution >= 0.6 is 11.3 Å². The molecule has 0 aliphatic rings. The Balaban J connectivity index is 2.05. The summed E-state index contributed by atoms with van der Waals surface area (Å²) in [5.74, 6) is 1.09. The first kappa shape index (κ1) is 23.9. The molecule has 0 saturated heterocycles. The topological polar surface area (TPSA) is 116 Å². The Morgan fingerprint density at radius 1 is 1.09 bits per heavy atom. The lowest BCUT2D eigenvalue weighted by Gasteiger charge is -2.13. The third-order valence-electron chi connectivity index (χ3n) is 4.67. The molecule has 1 aromatic heterocycles. The SMILES string of the molecule is CCOc1ccc(-c2nc(-c3cc(CN=[N+]=[N-])c(OC)c(C(=O)OC)c3)cs2)cc1OCC. The Morgan fingerprint density at radius 2 is 1.85 bits per heavy atom. The quantitative estimate of drug-likeness (QED) is 0.159. The second-order valence-corrected chi connectivity index (χ2v) is 7.52. The minimum absolute atomic E-state index is 0.0190. The van der Waals surface area contributed by atoms with Crippen LogP contribution in [0.1, 0.15) is 29.8 Å². The van der Waals surface area contributed by atoms with Crippen LogP contribution in [0.3, 0.4) is 0 Å². The molecule has 33 heavy (non-hydrogen) atoms. The predicted octanol–water partition coefficient (Wildman–Crippen LogP) is 5.88. The molecular weight excluding hydrogens is 444 g/mol. The fraction of sp³-hybridized carbons (Fsp3) is 0.304. The van der Waals surface area contributed by atoms with Crippen LogP contribution in [-0.2, 0) is 11.3 Å². The minimum atomic E-state index is -0.556.